The van der Waals surface area contributed by atoms with Crippen molar-refractivity contribution in [2.75, 3.05) is 0 Å². The summed E-state index contributed by atoms with van der Waals surface area (Å²) in [4.78, 5) is 16.0. The number of nitrogens with zero attached hydrogens (tertiary/aromatic N) is 1. The number of pyridine rings is 1. The quantitative estimate of drug-likeness (QED) is 0.570. The summed E-state index contributed by atoms with van der Waals surface area (Å²) in [6.07, 6.45) is 8.72. The van der Waals surface area contributed by atoms with Crippen LogP contribution in [0.25, 0.3) is 22.2 Å². The third-order valence-corrected chi connectivity index (χ3v) is 6.72. The number of aromatic amines is 1. The Morgan fingerprint density at radius 3 is 2.46 bits per heavy atom. The molecule has 148 valence electrons. The first-order valence-electron chi connectivity index (χ1n) is 10.7. The molecule has 1 fully saturated rings. The van der Waals surface area contributed by atoms with Crippen LogP contribution in [-0.4, -0.2) is 9.55 Å². The lowest BCUT2D eigenvalue weighted by molar-refractivity contribution is 0.444. The van der Waals surface area contributed by atoms with Gasteiger partial charge in [-0.15, -0.1) is 0 Å². The monoisotopic (exact) mass is 376 g/mol. The van der Waals surface area contributed by atoms with Gasteiger partial charge in [-0.3, -0.25) is 4.79 Å². The highest BCUT2D eigenvalue weighted by atomic mass is 16.1. The molecule has 0 aliphatic heterocycles. The largest absolute Gasteiger partial charge is 0.354 e. The van der Waals surface area contributed by atoms with Crippen molar-refractivity contribution in [2.24, 2.45) is 7.05 Å². The second kappa shape index (κ2) is 7.27. The minimum absolute atomic E-state index is 0.0862. The van der Waals surface area contributed by atoms with Gasteiger partial charge in [0.05, 0.1) is 5.69 Å². The number of rotatable bonds is 3. The minimum Gasteiger partial charge on any atom is -0.354 e. The first-order valence-corrected chi connectivity index (χ1v) is 10.7. The maximum Gasteiger partial charge on any atom is 0.253 e. The predicted molar refractivity (Wildman–Crippen MR) is 118 cm³/mol. The summed E-state index contributed by atoms with van der Waals surface area (Å²) in [7, 11) is 1.84. The van der Waals surface area contributed by atoms with Crippen molar-refractivity contribution in [3.8, 4) is 11.3 Å². The number of hydrogen-bond acceptors (Lipinski definition) is 1. The Kier molecular flexibility index (Phi) is 4.95. The van der Waals surface area contributed by atoms with Gasteiger partial charge in [0.25, 0.3) is 5.56 Å². The summed E-state index contributed by atoms with van der Waals surface area (Å²) >= 11 is 0. The molecule has 0 bridgehead atoms. The first-order chi connectivity index (χ1) is 13.4. The summed E-state index contributed by atoms with van der Waals surface area (Å²) in [5.41, 5.74) is 8.36. The fourth-order valence-electron chi connectivity index (χ4n) is 4.96. The molecule has 3 nitrogen and oxygen atoms in total. The predicted octanol–water partition coefficient (Wildman–Crippen LogP) is 6.32. The third-order valence-electron chi connectivity index (χ3n) is 6.72. The summed E-state index contributed by atoms with van der Waals surface area (Å²) in [5.74, 6) is 1.11. The molecular formula is C25H32N2O. The van der Waals surface area contributed by atoms with Gasteiger partial charge in [-0.1, -0.05) is 39.2 Å². The topological polar surface area (TPSA) is 37.8 Å². The fourth-order valence-corrected chi connectivity index (χ4v) is 4.96. The van der Waals surface area contributed by atoms with E-state index in [4.69, 9.17) is 0 Å². The van der Waals surface area contributed by atoms with E-state index in [1.165, 1.54) is 59.8 Å². The van der Waals surface area contributed by atoms with Crippen LogP contribution >= 0.6 is 0 Å². The highest BCUT2D eigenvalue weighted by molar-refractivity contribution is 5.92. The molecule has 2 heterocycles. The van der Waals surface area contributed by atoms with Gasteiger partial charge in [-0.2, -0.15) is 0 Å². The molecule has 3 aromatic rings. The van der Waals surface area contributed by atoms with Crippen LogP contribution in [0.4, 0.5) is 0 Å². The highest BCUT2D eigenvalue weighted by Gasteiger charge is 2.21. The summed E-state index contributed by atoms with van der Waals surface area (Å²) < 4.78 is 1.71. The number of H-pyrrole nitrogens is 1. The van der Waals surface area contributed by atoms with Gasteiger partial charge in [-0.25, -0.2) is 0 Å². The van der Waals surface area contributed by atoms with Crippen LogP contribution in [-0.2, 0) is 7.05 Å². The molecule has 0 amide bonds. The Hall–Kier alpha value is -2.29. The number of aryl methyl sites for hydroxylation is 1. The highest BCUT2D eigenvalue weighted by Crippen LogP contribution is 2.40. The lowest BCUT2D eigenvalue weighted by Gasteiger charge is -2.22. The minimum atomic E-state index is 0.0862. The van der Waals surface area contributed by atoms with Crippen LogP contribution < -0.4 is 5.56 Å². The van der Waals surface area contributed by atoms with Gasteiger partial charge in [0, 0.05) is 35.3 Å². The molecule has 0 radical (unpaired) electrons. The lowest BCUT2D eigenvalue weighted by atomic mass is 9.83. The van der Waals surface area contributed by atoms with Crippen LogP contribution in [0.1, 0.15) is 80.0 Å². The van der Waals surface area contributed by atoms with Crippen LogP contribution in [0.5, 0.6) is 0 Å². The van der Waals surface area contributed by atoms with Gasteiger partial charge in [0.15, 0.2) is 0 Å². The number of aromatic nitrogens is 2. The third kappa shape index (κ3) is 3.11. The first kappa shape index (κ1) is 19.0. The van der Waals surface area contributed by atoms with Crippen molar-refractivity contribution < 1.29 is 0 Å². The zero-order chi connectivity index (χ0) is 20.0. The molecule has 1 saturated carbocycles. The Balaban J connectivity index is 1.93. The zero-order valence-corrected chi connectivity index (χ0v) is 17.9. The van der Waals surface area contributed by atoms with E-state index >= 15 is 0 Å². The Bertz CT molecular complexity index is 1080. The molecule has 0 spiro atoms. The van der Waals surface area contributed by atoms with Gasteiger partial charge >= 0.3 is 0 Å². The Morgan fingerprint density at radius 1 is 1.07 bits per heavy atom. The zero-order valence-electron chi connectivity index (χ0n) is 17.9. The van der Waals surface area contributed by atoms with E-state index in [-0.39, 0.29) is 5.56 Å². The molecule has 4 rings (SSSR count). The smallest absolute Gasteiger partial charge is 0.253 e. The van der Waals surface area contributed by atoms with E-state index in [1.807, 2.05) is 20.2 Å². The molecule has 28 heavy (non-hydrogen) atoms. The number of benzene rings is 1. The average Bonchev–Trinajstić information content (AvgIpc) is 3.08. The summed E-state index contributed by atoms with van der Waals surface area (Å²) in [6, 6.07) is 7.02. The molecule has 1 aliphatic rings. The molecule has 1 aliphatic carbocycles. The van der Waals surface area contributed by atoms with E-state index < -0.39 is 0 Å². The molecule has 0 unspecified atom stereocenters. The SMILES string of the molecule is Cc1c(-c2[nH]c3ccc(C4CCCCC4)cc3c2C(C)C)cn(C)c(=O)c1C. The Morgan fingerprint density at radius 2 is 1.79 bits per heavy atom. The molecule has 1 N–H and O–H groups in total. The van der Waals surface area contributed by atoms with Crippen molar-refractivity contribution >= 4 is 10.9 Å². The van der Waals surface area contributed by atoms with Crippen molar-refractivity contribution in [1.82, 2.24) is 9.55 Å². The molecule has 0 atom stereocenters. The number of nitrogens with one attached hydrogen (secondary N) is 1. The fraction of sp³-hybridized carbons (Fsp3) is 0.480. The van der Waals surface area contributed by atoms with Crippen LogP contribution in [0, 0.1) is 13.8 Å². The van der Waals surface area contributed by atoms with Crippen molar-refractivity contribution in [3.63, 3.8) is 0 Å². The van der Waals surface area contributed by atoms with Gasteiger partial charge in [-0.05, 0) is 67.3 Å². The molecule has 0 saturated heterocycles. The van der Waals surface area contributed by atoms with E-state index in [2.05, 4.69) is 44.0 Å². The summed E-state index contributed by atoms with van der Waals surface area (Å²) in [6.45, 7) is 8.53. The van der Waals surface area contributed by atoms with Gasteiger partial charge in [0.2, 0.25) is 0 Å². The van der Waals surface area contributed by atoms with E-state index in [9.17, 15) is 4.79 Å². The number of fused-ring (bicyclic) bond motifs is 1. The van der Waals surface area contributed by atoms with E-state index in [0.29, 0.717) is 11.8 Å². The van der Waals surface area contributed by atoms with Crippen LogP contribution in [0.3, 0.4) is 0 Å². The van der Waals surface area contributed by atoms with Crippen molar-refractivity contribution in [1.29, 1.82) is 0 Å². The van der Waals surface area contributed by atoms with Crippen LogP contribution in [0.15, 0.2) is 29.2 Å². The molecular weight excluding hydrogens is 344 g/mol. The second-order valence-electron chi connectivity index (χ2n) is 8.92. The summed E-state index contributed by atoms with van der Waals surface area (Å²) in [5, 5.41) is 1.35. The number of hydrogen-bond donors (Lipinski definition) is 1. The normalized spacial score (nSPS) is 15.6. The van der Waals surface area contributed by atoms with Crippen LogP contribution in [0.2, 0.25) is 0 Å². The molecule has 1 aromatic carbocycles. The maximum atomic E-state index is 12.3. The second-order valence-corrected chi connectivity index (χ2v) is 8.92. The van der Waals surface area contributed by atoms with E-state index in [0.717, 1.165) is 16.7 Å². The maximum absolute atomic E-state index is 12.3. The van der Waals surface area contributed by atoms with Crippen molar-refractivity contribution in [2.45, 2.75) is 71.6 Å². The molecule has 2 aromatic heterocycles. The average molecular weight is 377 g/mol. The lowest BCUT2D eigenvalue weighted by Crippen LogP contribution is -2.20. The molecule has 3 heteroatoms. The van der Waals surface area contributed by atoms with Gasteiger partial charge < -0.3 is 9.55 Å². The van der Waals surface area contributed by atoms with Gasteiger partial charge in [0.1, 0.15) is 0 Å². The standard InChI is InChI=1S/C25H32N2O/c1-15(2)23-20-13-19(18-9-7-6-8-10-18)11-12-22(20)26-24(23)21-14-27(5)25(28)17(4)16(21)3/h11-15,18,26H,6-10H2,1-5H3. The van der Waals surface area contributed by atoms with Crippen molar-refractivity contribution in [3.05, 3.63) is 57.0 Å². The Labute approximate surface area is 167 Å². The van der Waals surface area contributed by atoms with E-state index in [1.54, 1.807) is 4.57 Å².